The molecule has 0 fully saturated rings. The molecule has 0 bridgehead atoms. The van der Waals surface area contributed by atoms with Crippen molar-refractivity contribution in [3.63, 3.8) is 0 Å². The molecule has 0 amide bonds. The van der Waals surface area contributed by atoms with E-state index in [1.165, 1.54) is 18.2 Å². The predicted octanol–water partition coefficient (Wildman–Crippen LogP) is 4.21. The standard InChI is InChI=1S/C17H15ClN2O3/c1-19(2)15-9-7-12(11-16(15)20(22)23)8-10-17(21)13-5-3-4-6-14(13)18/h3-11H,1-2H3/b10-8+. The van der Waals surface area contributed by atoms with Gasteiger partial charge in [-0.15, -0.1) is 0 Å². The molecule has 0 aromatic heterocycles. The van der Waals surface area contributed by atoms with Crippen LogP contribution in [0, 0.1) is 10.1 Å². The summed E-state index contributed by atoms with van der Waals surface area (Å²) in [5.41, 5.74) is 1.46. The molecule has 5 nitrogen and oxygen atoms in total. The summed E-state index contributed by atoms with van der Waals surface area (Å²) in [6.07, 6.45) is 2.90. The maximum atomic E-state index is 12.1. The predicted molar refractivity (Wildman–Crippen MR) is 92.2 cm³/mol. The van der Waals surface area contributed by atoms with Crippen LogP contribution in [0.15, 0.2) is 48.5 Å². The third kappa shape index (κ3) is 3.96. The van der Waals surface area contributed by atoms with Gasteiger partial charge in [-0.05, 0) is 29.8 Å². The second-order valence-electron chi connectivity index (χ2n) is 5.08. The van der Waals surface area contributed by atoms with Crippen molar-refractivity contribution in [2.75, 3.05) is 19.0 Å². The highest BCUT2D eigenvalue weighted by atomic mass is 35.5. The van der Waals surface area contributed by atoms with Gasteiger partial charge >= 0.3 is 0 Å². The maximum absolute atomic E-state index is 12.1. The molecule has 0 radical (unpaired) electrons. The number of carbonyl (C=O) groups is 1. The number of carbonyl (C=O) groups excluding carboxylic acids is 1. The molecule has 0 aliphatic heterocycles. The quantitative estimate of drug-likeness (QED) is 0.356. The van der Waals surface area contributed by atoms with Crippen LogP contribution in [-0.2, 0) is 0 Å². The van der Waals surface area contributed by atoms with Crippen LogP contribution < -0.4 is 4.90 Å². The number of benzene rings is 2. The summed E-state index contributed by atoms with van der Waals surface area (Å²) in [7, 11) is 3.47. The van der Waals surface area contributed by atoms with Crippen molar-refractivity contribution in [2.45, 2.75) is 0 Å². The lowest BCUT2D eigenvalue weighted by Gasteiger charge is -2.12. The van der Waals surface area contributed by atoms with Crippen molar-refractivity contribution >= 4 is 34.8 Å². The Hall–Kier alpha value is -2.66. The first kappa shape index (κ1) is 16.7. The lowest BCUT2D eigenvalue weighted by molar-refractivity contribution is -0.384. The molecule has 0 spiro atoms. The highest BCUT2D eigenvalue weighted by Gasteiger charge is 2.15. The lowest BCUT2D eigenvalue weighted by Crippen LogP contribution is -2.11. The summed E-state index contributed by atoms with van der Waals surface area (Å²) in [6.45, 7) is 0. The topological polar surface area (TPSA) is 63.5 Å². The molecule has 118 valence electrons. The minimum absolute atomic E-state index is 0.0117. The minimum Gasteiger partial charge on any atom is -0.372 e. The Morgan fingerprint density at radius 2 is 1.91 bits per heavy atom. The van der Waals surface area contributed by atoms with Gasteiger partial charge in [-0.1, -0.05) is 35.9 Å². The van der Waals surface area contributed by atoms with Crippen LogP contribution in [-0.4, -0.2) is 24.8 Å². The minimum atomic E-state index is -0.442. The van der Waals surface area contributed by atoms with Crippen LogP contribution in [0.2, 0.25) is 5.02 Å². The van der Waals surface area contributed by atoms with Gasteiger partial charge in [0.05, 0.1) is 9.95 Å². The van der Waals surface area contributed by atoms with Gasteiger partial charge in [-0.3, -0.25) is 14.9 Å². The van der Waals surface area contributed by atoms with E-state index in [0.717, 1.165) is 0 Å². The Morgan fingerprint density at radius 1 is 1.22 bits per heavy atom. The van der Waals surface area contributed by atoms with Gasteiger partial charge < -0.3 is 4.90 Å². The summed E-state index contributed by atoms with van der Waals surface area (Å²) in [4.78, 5) is 24.5. The zero-order valence-corrected chi connectivity index (χ0v) is 13.4. The third-order valence-electron chi connectivity index (χ3n) is 3.24. The van der Waals surface area contributed by atoms with Crippen LogP contribution in [0.3, 0.4) is 0 Å². The van der Waals surface area contributed by atoms with Gasteiger partial charge in [-0.25, -0.2) is 0 Å². The average Bonchev–Trinajstić information content (AvgIpc) is 2.52. The summed E-state index contributed by atoms with van der Waals surface area (Å²) in [5.74, 6) is -0.255. The molecule has 23 heavy (non-hydrogen) atoms. The number of nitrogens with zero attached hydrogens (tertiary/aromatic N) is 2. The van der Waals surface area contributed by atoms with Gasteiger partial charge in [0, 0.05) is 25.7 Å². The molecule has 0 aliphatic rings. The fourth-order valence-corrected chi connectivity index (χ4v) is 2.32. The smallest absolute Gasteiger partial charge is 0.293 e. The second kappa shape index (κ2) is 7.07. The summed E-state index contributed by atoms with van der Waals surface area (Å²) in [5, 5.41) is 11.5. The van der Waals surface area contributed by atoms with Crippen molar-refractivity contribution in [1.29, 1.82) is 0 Å². The zero-order valence-electron chi connectivity index (χ0n) is 12.7. The Balaban J connectivity index is 2.30. The van der Waals surface area contributed by atoms with Gasteiger partial charge in [0.25, 0.3) is 5.69 Å². The molecular formula is C17H15ClN2O3. The van der Waals surface area contributed by atoms with Gasteiger partial charge in [0.15, 0.2) is 5.78 Å². The van der Waals surface area contributed by atoms with Crippen LogP contribution >= 0.6 is 11.6 Å². The fourth-order valence-electron chi connectivity index (χ4n) is 2.09. The molecular weight excluding hydrogens is 316 g/mol. The highest BCUT2D eigenvalue weighted by Crippen LogP contribution is 2.28. The summed E-state index contributed by atoms with van der Waals surface area (Å²) in [6, 6.07) is 11.5. The van der Waals surface area contributed by atoms with E-state index in [4.69, 9.17) is 11.6 Å². The van der Waals surface area contributed by atoms with Crippen molar-refractivity contribution in [3.05, 3.63) is 74.8 Å². The Morgan fingerprint density at radius 3 is 2.52 bits per heavy atom. The number of hydrogen-bond donors (Lipinski definition) is 0. The number of hydrogen-bond acceptors (Lipinski definition) is 4. The largest absolute Gasteiger partial charge is 0.372 e. The molecule has 6 heteroatoms. The van der Waals surface area contributed by atoms with Crippen molar-refractivity contribution in [3.8, 4) is 0 Å². The average molecular weight is 331 g/mol. The number of rotatable bonds is 5. The SMILES string of the molecule is CN(C)c1ccc(/C=C/C(=O)c2ccccc2Cl)cc1[N+](=O)[O-]. The molecule has 2 aromatic carbocycles. The molecule has 0 aliphatic carbocycles. The Kier molecular flexibility index (Phi) is 5.13. The van der Waals surface area contributed by atoms with E-state index in [2.05, 4.69) is 0 Å². The molecule has 0 N–H and O–H groups in total. The van der Waals surface area contributed by atoms with E-state index in [9.17, 15) is 14.9 Å². The van der Waals surface area contributed by atoms with Gasteiger partial charge in [-0.2, -0.15) is 0 Å². The summed E-state index contributed by atoms with van der Waals surface area (Å²) >= 11 is 5.97. The molecule has 0 unspecified atom stereocenters. The van der Waals surface area contributed by atoms with E-state index >= 15 is 0 Å². The molecule has 0 saturated carbocycles. The van der Waals surface area contributed by atoms with Crippen molar-refractivity contribution in [1.82, 2.24) is 0 Å². The van der Waals surface area contributed by atoms with Gasteiger partial charge in [0.1, 0.15) is 5.69 Å². The highest BCUT2D eigenvalue weighted by molar-refractivity contribution is 6.34. The van der Waals surface area contributed by atoms with Crippen LogP contribution in [0.1, 0.15) is 15.9 Å². The van der Waals surface area contributed by atoms with E-state index in [1.54, 1.807) is 55.4 Å². The van der Waals surface area contributed by atoms with E-state index in [-0.39, 0.29) is 11.5 Å². The number of nitro benzene ring substituents is 1. The number of nitro groups is 1. The molecule has 2 aromatic rings. The van der Waals surface area contributed by atoms with E-state index in [1.807, 2.05) is 0 Å². The van der Waals surface area contributed by atoms with Crippen molar-refractivity contribution in [2.24, 2.45) is 0 Å². The van der Waals surface area contributed by atoms with Crippen molar-refractivity contribution < 1.29 is 9.72 Å². The lowest BCUT2D eigenvalue weighted by atomic mass is 10.1. The second-order valence-corrected chi connectivity index (χ2v) is 5.48. The first-order valence-electron chi connectivity index (χ1n) is 6.83. The van der Waals surface area contributed by atoms with E-state index in [0.29, 0.717) is 21.8 Å². The van der Waals surface area contributed by atoms with Gasteiger partial charge in [0.2, 0.25) is 0 Å². The normalized spacial score (nSPS) is 10.7. The zero-order chi connectivity index (χ0) is 17.0. The number of allylic oxidation sites excluding steroid dienone is 1. The molecule has 0 atom stereocenters. The summed E-state index contributed by atoms with van der Waals surface area (Å²) < 4.78 is 0. The van der Waals surface area contributed by atoms with E-state index < -0.39 is 4.92 Å². The maximum Gasteiger partial charge on any atom is 0.293 e. The molecule has 0 heterocycles. The fraction of sp³-hybridized carbons (Fsp3) is 0.118. The van der Waals surface area contributed by atoms with Crippen LogP contribution in [0.5, 0.6) is 0 Å². The number of anilines is 1. The molecule has 0 saturated heterocycles. The Bertz CT molecular complexity index is 785. The number of ketones is 1. The first-order chi connectivity index (χ1) is 10.9. The number of halogens is 1. The Labute approximate surface area is 139 Å². The van der Waals surface area contributed by atoms with Crippen LogP contribution in [0.25, 0.3) is 6.08 Å². The first-order valence-corrected chi connectivity index (χ1v) is 7.20. The van der Waals surface area contributed by atoms with Crippen LogP contribution in [0.4, 0.5) is 11.4 Å². The third-order valence-corrected chi connectivity index (χ3v) is 3.57. The monoisotopic (exact) mass is 330 g/mol. The molecule has 2 rings (SSSR count).